The van der Waals surface area contributed by atoms with Crippen molar-refractivity contribution in [2.45, 2.75) is 65.0 Å². The van der Waals surface area contributed by atoms with E-state index in [1.54, 1.807) is 0 Å². The first-order valence-corrected chi connectivity index (χ1v) is 8.30. The lowest BCUT2D eigenvalue weighted by Crippen LogP contribution is -2.42. The molecule has 0 bridgehead atoms. The lowest BCUT2D eigenvalue weighted by atomic mass is 9.77. The molecule has 2 aromatic rings. The standard InChI is InChI=1S/C18H27N3/c1-4-11-21-16-6-5-14(3)12-15(16)20-17(21)18(19)9-7-13(2)8-10-18/h5-6,12-13H,4,7-11,19H2,1-3H3. The van der Waals surface area contributed by atoms with Crippen LogP contribution in [0.2, 0.25) is 0 Å². The second-order valence-corrected chi connectivity index (χ2v) is 6.92. The molecule has 1 saturated carbocycles. The van der Waals surface area contributed by atoms with Gasteiger partial charge in [0.1, 0.15) is 5.82 Å². The van der Waals surface area contributed by atoms with E-state index in [-0.39, 0.29) is 5.54 Å². The lowest BCUT2D eigenvalue weighted by molar-refractivity contribution is 0.231. The van der Waals surface area contributed by atoms with Gasteiger partial charge in [-0.25, -0.2) is 4.98 Å². The molecule has 3 nitrogen and oxygen atoms in total. The summed E-state index contributed by atoms with van der Waals surface area (Å²) < 4.78 is 2.37. The largest absolute Gasteiger partial charge is 0.326 e. The molecule has 114 valence electrons. The van der Waals surface area contributed by atoms with Gasteiger partial charge in [-0.3, -0.25) is 0 Å². The van der Waals surface area contributed by atoms with E-state index in [2.05, 4.69) is 43.5 Å². The third kappa shape index (κ3) is 2.59. The fraction of sp³-hybridized carbons (Fsp3) is 0.611. The molecule has 21 heavy (non-hydrogen) atoms. The highest BCUT2D eigenvalue weighted by Crippen LogP contribution is 2.38. The van der Waals surface area contributed by atoms with Crippen molar-refractivity contribution in [3.63, 3.8) is 0 Å². The Labute approximate surface area is 127 Å². The molecule has 1 aliphatic rings. The quantitative estimate of drug-likeness (QED) is 0.922. The second kappa shape index (κ2) is 5.45. The van der Waals surface area contributed by atoms with Crippen LogP contribution in [0.25, 0.3) is 11.0 Å². The van der Waals surface area contributed by atoms with E-state index in [1.807, 2.05) is 0 Å². The summed E-state index contributed by atoms with van der Waals surface area (Å²) in [5.74, 6) is 1.91. The molecule has 0 spiro atoms. The Morgan fingerprint density at radius 2 is 2.05 bits per heavy atom. The second-order valence-electron chi connectivity index (χ2n) is 6.92. The number of rotatable bonds is 3. The van der Waals surface area contributed by atoms with Gasteiger partial charge in [0.2, 0.25) is 0 Å². The van der Waals surface area contributed by atoms with Crippen LogP contribution in [0, 0.1) is 12.8 Å². The van der Waals surface area contributed by atoms with Crippen LogP contribution in [-0.4, -0.2) is 9.55 Å². The maximum atomic E-state index is 6.79. The van der Waals surface area contributed by atoms with Crippen molar-refractivity contribution in [3.05, 3.63) is 29.6 Å². The van der Waals surface area contributed by atoms with Crippen molar-refractivity contribution in [1.29, 1.82) is 0 Å². The highest BCUT2D eigenvalue weighted by molar-refractivity contribution is 5.77. The molecule has 1 fully saturated rings. The Morgan fingerprint density at radius 3 is 2.71 bits per heavy atom. The first-order chi connectivity index (χ1) is 10.0. The molecule has 1 aliphatic carbocycles. The highest BCUT2D eigenvalue weighted by atomic mass is 15.1. The van der Waals surface area contributed by atoms with E-state index in [4.69, 9.17) is 10.7 Å². The molecule has 3 heteroatoms. The molecular weight excluding hydrogens is 258 g/mol. The zero-order valence-electron chi connectivity index (χ0n) is 13.5. The molecule has 0 atom stereocenters. The summed E-state index contributed by atoms with van der Waals surface area (Å²) in [6.45, 7) is 7.68. The summed E-state index contributed by atoms with van der Waals surface area (Å²) in [6.07, 6.45) is 5.65. The van der Waals surface area contributed by atoms with Gasteiger partial charge in [-0.05, 0) is 62.6 Å². The summed E-state index contributed by atoms with van der Waals surface area (Å²) in [5.41, 5.74) is 10.1. The van der Waals surface area contributed by atoms with Crippen molar-refractivity contribution in [2.24, 2.45) is 11.7 Å². The van der Waals surface area contributed by atoms with Crippen molar-refractivity contribution in [1.82, 2.24) is 9.55 Å². The molecule has 2 N–H and O–H groups in total. The van der Waals surface area contributed by atoms with Gasteiger partial charge in [-0.15, -0.1) is 0 Å². The van der Waals surface area contributed by atoms with Crippen LogP contribution in [0.4, 0.5) is 0 Å². The summed E-state index contributed by atoms with van der Waals surface area (Å²) in [7, 11) is 0. The Hall–Kier alpha value is -1.35. The SMILES string of the molecule is CCCn1c(C2(N)CCC(C)CC2)nc2cc(C)ccc21. The molecule has 0 amide bonds. The first kappa shape index (κ1) is 14.6. The zero-order chi connectivity index (χ0) is 15.0. The maximum Gasteiger partial charge on any atom is 0.130 e. The molecule has 1 aromatic carbocycles. The molecule has 1 aromatic heterocycles. The van der Waals surface area contributed by atoms with Gasteiger partial charge < -0.3 is 10.3 Å². The van der Waals surface area contributed by atoms with E-state index >= 15 is 0 Å². The van der Waals surface area contributed by atoms with Gasteiger partial charge in [0, 0.05) is 6.54 Å². The van der Waals surface area contributed by atoms with Crippen LogP contribution in [0.5, 0.6) is 0 Å². The number of imidazole rings is 1. The topological polar surface area (TPSA) is 43.8 Å². The molecule has 0 unspecified atom stereocenters. The van der Waals surface area contributed by atoms with Gasteiger partial charge in [0.15, 0.2) is 0 Å². The molecule has 0 aliphatic heterocycles. The van der Waals surface area contributed by atoms with E-state index < -0.39 is 0 Å². The summed E-state index contributed by atoms with van der Waals surface area (Å²) >= 11 is 0. The number of nitrogens with zero attached hydrogens (tertiary/aromatic N) is 2. The van der Waals surface area contributed by atoms with E-state index in [0.29, 0.717) is 0 Å². The van der Waals surface area contributed by atoms with Crippen molar-refractivity contribution >= 4 is 11.0 Å². The number of fused-ring (bicyclic) bond motifs is 1. The Kier molecular flexibility index (Phi) is 3.78. The van der Waals surface area contributed by atoms with Crippen LogP contribution >= 0.6 is 0 Å². The number of aromatic nitrogens is 2. The first-order valence-electron chi connectivity index (χ1n) is 8.30. The molecule has 0 radical (unpaired) electrons. The lowest BCUT2D eigenvalue weighted by Gasteiger charge is -2.35. The summed E-state index contributed by atoms with van der Waals surface area (Å²) in [6, 6.07) is 6.55. The zero-order valence-corrected chi connectivity index (χ0v) is 13.5. The fourth-order valence-corrected chi connectivity index (χ4v) is 3.57. The minimum atomic E-state index is -0.241. The van der Waals surface area contributed by atoms with E-state index in [1.165, 1.54) is 23.9 Å². The highest BCUT2D eigenvalue weighted by Gasteiger charge is 2.36. The van der Waals surface area contributed by atoms with Crippen molar-refractivity contribution < 1.29 is 0 Å². The molecule has 0 saturated heterocycles. The smallest absolute Gasteiger partial charge is 0.130 e. The summed E-state index contributed by atoms with van der Waals surface area (Å²) in [4.78, 5) is 4.95. The molecule has 3 rings (SSSR count). The van der Waals surface area contributed by atoms with Crippen LogP contribution in [0.15, 0.2) is 18.2 Å². The number of hydrogen-bond donors (Lipinski definition) is 1. The van der Waals surface area contributed by atoms with Crippen LogP contribution in [0.3, 0.4) is 0 Å². The number of benzene rings is 1. The fourth-order valence-electron chi connectivity index (χ4n) is 3.57. The third-order valence-electron chi connectivity index (χ3n) is 4.96. The maximum absolute atomic E-state index is 6.79. The minimum Gasteiger partial charge on any atom is -0.326 e. The van der Waals surface area contributed by atoms with Crippen LogP contribution < -0.4 is 5.73 Å². The van der Waals surface area contributed by atoms with Crippen molar-refractivity contribution in [3.8, 4) is 0 Å². The van der Waals surface area contributed by atoms with Crippen LogP contribution in [-0.2, 0) is 12.1 Å². The Morgan fingerprint density at radius 1 is 1.33 bits per heavy atom. The Balaban J connectivity index is 2.10. The number of hydrogen-bond acceptors (Lipinski definition) is 2. The van der Waals surface area contributed by atoms with Gasteiger partial charge in [-0.1, -0.05) is 19.9 Å². The van der Waals surface area contributed by atoms with Gasteiger partial charge in [0.05, 0.1) is 16.6 Å². The van der Waals surface area contributed by atoms with Crippen LogP contribution in [0.1, 0.15) is 57.3 Å². The summed E-state index contributed by atoms with van der Waals surface area (Å²) in [5, 5.41) is 0. The average molecular weight is 285 g/mol. The molecular formula is C18H27N3. The molecule has 1 heterocycles. The monoisotopic (exact) mass is 285 g/mol. The van der Waals surface area contributed by atoms with Crippen molar-refractivity contribution in [2.75, 3.05) is 0 Å². The van der Waals surface area contributed by atoms with E-state index in [0.717, 1.165) is 43.1 Å². The van der Waals surface area contributed by atoms with Gasteiger partial charge in [-0.2, -0.15) is 0 Å². The predicted molar refractivity (Wildman–Crippen MR) is 88.3 cm³/mol. The normalized spacial score (nSPS) is 26.4. The minimum absolute atomic E-state index is 0.241. The Bertz CT molecular complexity index is 633. The third-order valence-corrected chi connectivity index (χ3v) is 4.96. The van der Waals surface area contributed by atoms with E-state index in [9.17, 15) is 0 Å². The van der Waals surface area contributed by atoms with Gasteiger partial charge >= 0.3 is 0 Å². The number of aryl methyl sites for hydroxylation is 2. The van der Waals surface area contributed by atoms with Gasteiger partial charge in [0.25, 0.3) is 0 Å². The predicted octanol–water partition coefficient (Wildman–Crippen LogP) is 4.12. The number of nitrogens with two attached hydrogens (primary N) is 1. The average Bonchev–Trinajstić information content (AvgIpc) is 2.81.